The first kappa shape index (κ1) is 16.6. The van der Waals surface area contributed by atoms with Crippen molar-refractivity contribution in [3.05, 3.63) is 108 Å². The molecule has 4 rings (SSSR count). The molecule has 0 spiro atoms. The molecule has 0 bridgehead atoms. The van der Waals surface area contributed by atoms with E-state index in [0.29, 0.717) is 13.2 Å². The van der Waals surface area contributed by atoms with Crippen molar-refractivity contribution >= 4 is 5.91 Å². The van der Waals surface area contributed by atoms with Crippen molar-refractivity contribution in [2.75, 3.05) is 0 Å². The Morgan fingerprint density at radius 2 is 1.27 bits per heavy atom. The van der Waals surface area contributed by atoms with E-state index < -0.39 is 6.10 Å². The van der Waals surface area contributed by atoms with E-state index in [-0.39, 0.29) is 11.9 Å². The maximum atomic E-state index is 12.8. The highest BCUT2D eigenvalue weighted by molar-refractivity contribution is 5.89. The van der Waals surface area contributed by atoms with Gasteiger partial charge in [0, 0.05) is 6.54 Å². The molecule has 0 radical (unpaired) electrons. The largest absolute Gasteiger partial charge is 0.361 e. The van der Waals surface area contributed by atoms with Crippen LogP contribution >= 0.6 is 0 Å². The second-order valence-corrected chi connectivity index (χ2v) is 6.52. The molecule has 0 aromatic heterocycles. The molecule has 1 amide bonds. The van der Waals surface area contributed by atoms with Crippen molar-refractivity contribution in [1.82, 2.24) is 4.90 Å². The van der Waals surface area contributed by atoms with Crippen molar-refractivity contribution < 1.29 is 9.53 Å². The van der Waals surface area contributed by atoms with Crippen LogP contribution in [-0.4, -0.2) is 16.9 Å². The number of hydrogen-bond donors (Lipinski definition) is 0. The Hall–Kier alpha value is -2.91. The molecular weight excluding hydrogens is 322 g/mol. The Morgan fingerprint density at radius 3 is 1.88 bits per heavy atom. The molecule has 1 aliphatic rings. The lowest BCUT2D eigenvalue weighted by atomic mass is 9.90. The summed E-state index contributed by atoms with van der Waals surface area (Å²) in [7, 11) is 0. The predicted octanol–water partition coefficient (Wildman–Crippen LogP) is 4.36. The summed E-state index contributed by atoms with van der Waals surface area (Å²) >= 11 is 0. The average molecular weight is 343 g/mol. The summed E-state index contributed by atoms with van der Waals surface area (Å²) in [6, 6.07) is 30.1. The quantitative estimate of drug-likeness (QED) is 0.623. The fraction of sp³-hybridized carbons (Fsp3) is 0.174. The van der Waals surface area contributed by atoms with Gasteiger partial charge >= 0.3 is 0 Å². The van der Waals surface area contributed by atoms with E-state index in [4.69, 9.17) is 4.74 Å². The Kier molecular flexibility index (Phi) is 4.80. The van der Waals surface area contributed by atoms with E-state index in [0.717, 1.165) is 16.7 Å². The summed E-state index contributed by atoms with van der Waals surface area (Å²) < 4.78 is 6.02. The van der Waals surface area contributed by atoms with Crippen LogP contribution in [0, 0.1) is 0 Å². The standard InChI is InChI=1S/C23H21NO2/c25-23-22(26-17-19-12-6-2-7-13-19)21(20-14-8-3-9-15-20)24(23)16-18-10-4-1-5-11-18/h1-15,21-22H,16-17H2/t21-,22+/m0/s1. The smallest absolute Gasteiger partial charge is 0.255 e. The van der Waals surface area contributed by atoms with Gasteiger partial charge in [0.05, 0.1) is 12.6 Å². The van der Waals surface area contributed by atoms with Gasteiger partial charge in [-0.15, -0.1) is 0 Å². The monoisotopic (exact) mass is 343 g/mol. The topological polar surface area (TPSA) is 29.5 Å². The third kappa shape index (κ3) is 3.39. The normalized spacial score (nSPS) is 19.2. The van der Waals surface area contributed by atoms with E-state index in [1.54, 1.807) is 0 Å². The number of amides is 1. The van der Waals surface area contributed by atoms with Crippen molar-refractivity contribution in [2.45, 2.75) is 25.3 Å². The number of ether oxygens (including phenoxy) is 1. The van der Waals surface area contributed by atoms with E-state index in [1.165, 1.54) is 0 Å². The molecule has 1 heterocycles. The average Bonchev–Trinajstić information content (AvgIpc) is 2.71. The second-order valence-electron chi connectivity index (χ2n) is 6.52. The van der Waals surface area contributed by atoms with Gasteiger partial charge in [0.15, 0.2) is 6.10 Å². The number of β-lactam (4-membered cyclic amide) rings is 1. The first-order valence-electron chi connectivity index (χ1n) is 8.88. The first-order valence-corrected chi connectivity index (χ1v) is 8.88. The Morgan fingerprint density at radius 1 is 0.731 bits per heavy atom. The number of carbonyl (C=O) groups is 1. The maximum Gasteiger partial charge on any atom is 0.255 e. The van der Waals surface area contributed by atoms with Gasteiger partial charge in [-0.25, -0.2) is 0 Å². The van der Waals surface area contributed by atoms with Crippen molar-refractivity contribution in [2.24, 2.45) is 0 Å². The summed E-state index contributed by atoms with van der Waals surface area (Å²) in [4.78, 5) is 14.7. The third-order valence-corrected chi connectivity index (χ3v) is 4.76. The van der Waals surface area contributed by atoms with E-state index >= 15 is 0 Å². The molecule has 1 saturated heterocycles. The van der Waals surface area contributed by atoms with E-state index in [2.05, 4.69) is 12.1 Å². The lowest BCUT2D eigenvalue weighted by molar-refractivity contribution is -0.178. The van der Waals surface area contributed by atoms with Gasteiger partial charge in [-0.05, 0) is 16.7 Å². The Balaban J connectivity index is 1.53. The minimum atomic E-state index is -0.429. The number of nitrogens with zero attached hydrogens (tertiary/aromatic N) is 1. The zero-order valence-electron chi connectivity index (χ0n) is 14.5. The minimum Gasteiger partial charge on any atom is -0.361 e. The molecule has 3 aromatic rings. The van der Waals surface area contributed by atoms with E-state index in [9.17, 15) is 4.79 Å². The summed E-state index contributed by atoms with van der Waals surface area (Å²) in [6.07, 6.45) is -0.429. The number of hydrogen-bond acceptors (Lipinski definition) is 2. The second kappa shape index (κ2) is 7.54. The van der Waals surface area contributed by atoms with Crippen LogP contribution in [0.5, 0.6) is 0 Å². The SMILES string of the molecule is O=C1[C@H](OCc2ccccc2)[C@H](c2ccccc2)N1Cc1ccccc1. The highest BCUT2D eigenvalue weighted by atomic mass is 16.5. The Bertz CT molecular complexity index is 849. The molecule has 130 valence electrons. The van der Waals surface area contributed by atoms with Gasteiger partial charge in [-0.3, -0.25) is 4.79 Å². The number of likely N-dealkylation sites (tertiary alicyclic amines) is 1. The summed E-state index contributed by atoms with van der Waals surface area (Å²) in [5, 5.41) is 0. The molecule has 0 saturated carbocycles. The van der Waals surface area contributed by atoms with Gasteiger partial charge in [0.1, 0.15) is 0 Å². The van der Waals surface area contributed by atoms with Crippen LogP contribution in [0.15, 0.2) is 91.0 Å². The number of rotatable bonds is 6. The molecule has 2 atom stereocenters. The fourth-order valence-electron chi connectivity index (χ4n) is 3.40. The molecule has 0 unspecified atom stereocenters. The number of carbonyl (C=O) groups excluding carboxylic acids is 1. The third-order valence-electron chi connectivity index (χ3n) is 4.76. The molecule has 0 N–H and O–H groups in total. The first-order chi connectivity index (χ1) is 12.8. The van der Waals surface area contributed by atoms with Gasteiger partial charge in [-0.2, -0.15) is 0 Å². The Labute approximate surface area is 153 Å². The van der Waals surface area contributed by atoms with Crippen molar-refractivity contribution in [1.29, 1.82) is 0 Å². The van der Waals surface area contributed by atoms with Crippen LogP contribution in [0.2, 0.25) is 0 Å². The predicted molar refractivity (Wildman–Crippen MR) is 101 cm³/mol. The van der Waals surface area contributed by atoms with Crippen LogP contribution in [0.3, 0.4) is 0 Å². The molecule has 3 nitrogen and oxygen atoms in total. The lowest BCUT2D eigenvalue weighted by Gasteiger charge is -2.47. The highest BCUT2D eigenvalue weighted by Gasteiger charge is 2.48. The molecule has 26 heavy (non-hydrogen) atoms. The van der Waals surface area contributed by atoms with Gasteiger partial charge < -0.3 is 9.64 Å². The van der Waals surface area contributed by atoms with Gasteiger partial charge in [0.2, 0.25) is 0 Å². The molecule has 1 aliphatic heterocycles. The molecular formula is C23H21NO2. The van der Waals surface area contributed by atoms with Crippen LogP contribution < -0.4 is 0 Å². The summed E-state index contributed by atoms with van der Waals surface area (Å²) in [6.45, 7) is 1.05. The van der Waals surface area contributed by atoms with Crippen LogP contribution in [0.4, 0.5) is 0 Å². The van der Waals surface area contributed by atoms with Gasteiger partial charge in [-0.1, -0.05) is 91.0 Å². The lowest BCUT2D eigenvalue weighted by Crippen LogP contribution is -2.59. The molecule has 0 aliphatic carbocycles. The van der Waals surface area contributed by atoms with Crippen molar-refractivity contribution in [3.63, 3.8) is 0 Å². The molecule has 3 aromatic carbocycles. The highest BCUT2D eigenvalue weighted by Crippen LogP contribution is 2.38. The molecule has 1 fully saturated rings. The maximum absolute atomic E-state index is 12.8. The van der Waals surface area contributed by atoms with Crippen LogP contribution in [-0.2, 0) is 22.7 Å². The fourth-order valence-corrected chi connectivity index (χ4v) is 3.40. The zero-order valence-corrected chi connectivity index (χ0v) is 14.5. The van der Waals surface area contributed by atoms with Crippen LogP contribution in [0.1, 0.15) is 22.7 Å². The summed E-state index contributed by atoms with van der Waals surface area (Å²) in [5.74, 6) is 0.0543. The minimum absolute atomic E-state index is 0.0485. The molecule has 3 heteroatoms. The number of benzene rings is 3. The zero-order chi connectivity index (χ0) is 17.8. The van der Waals surface area contributed by atoms with Crippen LogP contribution in [0.25, 0.3) is 0 Å². The van der Waals surface area contributed by atoms with E-state index in [1.807, 2.05) is 83.8 Å². The van der Waals surface area contributed by atoms with Crippen molar-refractivity contribution in [3.8, 4) is 0 Å². The van der Waals surface area contributed by atoms with Gasteiger partial charge in [0.25, 0.3) is 5.91 Å². The summed E-state index contributed by atoms with van der Waals surface area (Å²) in [5.41, 5.74) is 3.32.